The van der Waals surface area contributed by atoms with Crippen molar-refractivity contribution in [2.75, 3.05) is 18.0 Å². The van der Waals surface area contributed by atoms with E-state index in [1.807, 2.05) is 0 Å². The smallest absolute Gasteiger partial charge is 0.244 e. The van der Waals surface area contributed by atoms with E-state index in [0.29, 0.717) is 0 Å². The summed E-state index contributed by atoms with van der Waals surface area (Å²) in [7, 11) is 0. The second-order valence-corrected chi connectivity index (χ2v) is 4.31. The van der Waals surface area contributed by atoms with Crippen molar-refractivity contribution < 1.29 is 0 Å². The number of halogens is 1. The fourth-order valence-electron chi connectivity index (χ4n) is 1.61. The summed E-state index contributed by atoms with van der Waals surface area (Å²) in [5.74, 6) is 1.69. The molecule has 0 aromatic carbocycles. The molecule has 0 aliphatic heterocycles. The van der Waals surface area contributed by atoms with Crippen LogP contribution >= 0.6 is 11.6 Å². The van der Waals surface area contributed by atoms with Gasteiger partial charge in [-0.3, -0.25) is 0 Å². The van der Waals surface area contributed by atoms with Crippen LogP contribution < -0.4 is 4.90 Å². The molecule has 82 valence electrons. The van der Waals surface area contributed by atoms with Crippen molar-refractivity contribution >= 4 is 17.4 Å². The first-order chi connectivity index (χ1) is 7.29. The molecule has 0 bridgehead atoms. The molecule has 15 heavy (non-hydrogen) atoms. The lowest BCUT2D eigenvalue weighted by atomic mass is 10.3. The van der Waals surface area contributed by atoms with E-state index >= 15 is 0 Å². The van der Waals surface area contributed by atoms with Crippen molar-refractivity contribution in [3.8, 4) is 0 Å². The molecule has 0 atom stereocenters. The molecule has 1 saturated carbocycles. The van der Waals surface area contributed by atoms with Crippen LogP contribution in [0.5, 0.6) is 0 Å². The first kappa shape index (κ1) is 10.6. The average molecular weight is 227 g/mol. The van der Waals surface area contributed by atoms with E-state index in [1.54, 1.807) is 6.20 Å². The van der Waals surface area contributed by atoms with Gasteiger partial charge in [-0.25, -0.2) is 0 Å². The van der Waals surface area contributed by atoms with Gasteiger partial charge in [0, 0.05) is 13.1 Å². The standard InChI is InChI=1S/C10H15ClN4/c1-2-5-15(7-8-3-4-8)9-6-12-14-10(11)13-9/h6,8H,2-5,7H2,1H3. The highest BCUT2D eigenvalue weighted by atomic mass is 35.5. The molecule has 0 radical (unpaired) electrons. The normalized spacial score (nSPS) is 15.3. The van der Waals surface area contributed by atoms with Crippen LogP contribution in [-0.4, -0.2) is 28.3 Å². The molecule has 0 unspecified atom stereocenters. The average Bonchev–Trinajstić information content (AvgIpc) is 3.01. The molecule has 1 aliphatic rings. The number of anilines is 1. The molecule has 1 heterocycles. The van der Waals surface area contributed by atoms with Crippen LogP contribution in [0, 0.1) is 5.92 Å². The molecule has 4 nitrogen and oxygen atoms in total. The zero-order valence-electron chi connectivity index (χ0n) is 8.86. The van der Waals surface area contributed by atoms with Gasteiger partial charge in [0.2, 0.25) is 5.28 Å². The monoisotopic (exact) mass is 226 g/mol. The number of hydrogen-bond acceptors (Lipinski definition) is 4. The van der Waals surface area contributed by atoms with Crippen molar-refractivity contribution in [3.63, 3.8) is 0 Å². The van der Waals surface area contributed by atoms with Gasteiger partial charge in [-0.2, -0.15) is 10.1 Å². The number of hydrogen-bond donors (Lipinski definition) is 0. The van der Waals surface area contributed by atoms with Crippen LogP contribution in [0.25, 0.3) is 0 Å². The fourth-order valence-corrected chi connectivity index (χ4v) is 1.74. The zero-order valence-corrected chi connectivity index (χ0v) is 9.61. The second-order valence-electron chi connectivity index (χ2n) is 3.97. The van der Waals surface area contributed by atoms with Gasteiger partial charge < -0.3 is 4.90 Å². The maximum Gasteiger partial charge on any atom is 0.244 e. The van der Waals surface area contributed by atoms with Gasteiger partial charge in [-0.15, -0.1) is 5.10 Å². The van der Waals surface area contributed by atoms with Crippen LogP contribution in [0.15, 0.2) is 6.20 Å². The van der Waals surface area contributed by atoms with Crippen LogP contribution in [-0.2, 0) is 0 Å². The second kappa shape index (κ2) is 4.75. The summed E-state index contributed by atoms with van der Waals surface area (Å²) in [5, 5.41) is 7.71. The Bertz CT molecular complexity index is 327. The van der Waals surface area contributed by atoms with Crippen LogP contribution in [0.4, 0.5) is 5.82 Å². The molecular formula is C10H15ClN4. The zero-order chi connectivity index (χ0) is 10.7. The molecule has 0 saturated heterocycles. The lowest BCUT2D eigenvalue weighted by Crippen LogP contribution is -2.27. The van der Waals surface area contributed by atoms with Gasteiger partial charge in [0.1, 0.15) is 0 Å². The maximum absolute atomic E-state index is 5.73. The molecule has 0 spiro atoms. The fraction of sp³-hybridized carbons (Fsp3) is 0.700. The number of rotatable bonds is 5. The number of aromatic nitrogens is 3. The van der Waals surface area contributed by atoms with E-state index < -0.39 is 0 Å². The summed E-state index contributed by atoms with van der Waals surface area (Å²) in [6, 6.07) is 0. The summed E-state index contributed by atoms with van der Waals surface area (Å²) in [6.45, 7) is 4.24. The first-order valence-electron chi connectivity index (χ1n) is 5.39. The highest BCUT2D eigenvalue weighted by molar-refractivity contribution is 6.28. The van der Waals surface area contributed by atoms with E-state index in [-0.39, 0.29) is 5.28 Å². The lowest BCUT2D eigenvalue weighted by molar-refractivity contribution is 0.693. The van der Waals surface area contributed by atoms with E-state index in [2.05, 4.69) is 27.0 Å². The largest absolute Gasteiger partial charge is 0.355 e. The van der Waals surface area contributed by atoms with Gasteiger partial charge in [0.05, 0.1) is 6.20 Å². The van der Waals surface area contributed by atoms with Gasteiger partial charge >= 0.3 is 0 Å². The van der Waals surface area contributed by atoms with Crippen molar-refractivity contribution in [2.24, 2.45) is 5.92 Å². The summed E-state index contributed by atoms with van der Waals surface area (Å²) in [5.41, 5.74) is 0. The Morgan fingerprint density at radius 1 is 1.53 bits per heavy atom. The summed E-state index contributed by atoms with van der Waals surface area (Å²) in [6.07, 6.45) is 5.47. The molecule has 5 heteroatoms. The van der Waals surface area contributed by atoms with Crippen molar-refractivity contribution in [1.29, 1.82) is 0 Å². The Morgan fingerprint density at radius 2 is 2.33 bits per heavy atom. The minimum absolute atomic E-state index is 0.226. The molecule has 1 aromatic rings. The quantitative estimate of drug-likeness (QED) is 0.772. The third-order valence-electron chi connectivity index (χ3n) is 2.51. The Hall–Kier alpha value is -0.900. The maximum atomic E-state index is 5.73. The summed E-state index contributed by atoms with van der Waals surface area (Å²) >= 11 is 5.73. The van der Waals surface area contributed by atoms with Crippen molar-refractivity contribution in [1.82, 2.24) is 15.2 Å². The van der Waals surface area contributed by atoms with Crippen molar-refractivity contribution in [3.05, 3.63) is 11.5 Å². The van der Waals surface area contributed by atoms with Gasteiger partial charge in [0.25, 0.3) is 0 Å². The topological polar surface area (TPSA) is 41.9 Å². The Kier molecular flexibility index (Phi) is 3.36. The SMILES string of the molecule is CCCN(CC1CC1)c1cnnc(Cl)n1. The molecule has 0 amide bonds. The van der Waals surface area contributed by atoms with Crippen molar-refractivity contribution in [2.45, 2.75) is 26.2 Å². The summed E-state index contributed by atoms with van der Waals surface area (Å²) in [4.78, 5) is 6.44. The van der Waals surface area contributed by atoms with Gasteiger partial charge in [0.15, 0.2) is 5.82 Å². The molecule has 1 fully saturated rings. The molecule has 0 N–H and O–H groups in total. The Balaban J connectivity index is 2.07. The van der Waals surface area contributed by atoms with Gasteiger partial charge in [-0.05, 0) is 36.8 Å². The minimum Gasteiger partial charge on any atom is -0.355 e. The molecular weight excluding hydrogens is 212 g/mol. The molecule has 1 aromatic heterocycles. The third-order valence-corrected chi connectivity index (χ3v) is 2.67. The number of nitrogens with zero attached hydrogens (tertiary/aromatic N) is 4. The Morgan fingerprint density at radius 3 is 2.93 bits per heavy atom. The molecule has 1 aliphatic carbocycles. The third kappa shape index (κ3) is 3.02. The van der Waals surface area contributed by atoms with E-state index in [1.165, 1.54) is 12.8 Å². The predicted octanol–water partition coefficient (Wildman–Crippen LogP) is 2.15. The van der Waals surface area contributed by atoms with E-state index in [9.17, 15) is 0 Å². The minimum atomic E-state index is 0.226. The van der Waals surface area contributed by atoms with Crippen LogP contribution in [0.1, 0.15) is 26.2 Å². The van der Waals surface area contributed by atoms with Crippen LogP contribution in [0.2, 0.25) is 5.28 Å². The highest BCUT2D eigenvalue weighted by Gasteiger charge is 2.24. The van der Waals surface area contributed by atoms with E-state index in [4.69, 9.17) is 11.6 Å². The van der Waals surface area contributed by atoms with Gasteiger partial charge in [-0.1, -0.05) is 6.92 Å². The molecule has 2 rings (SSSR count). The Labute approximate surface area is 94.7 Å². The first-order valence-corrected chi connectivity index (χ1v) is 5.77. The highest BCUT2D eigenvalue weighted by Crippen LogP contribution is 2.30. The lowest BCUT2D eigenvalue weighted by Gasteiger charge is -2.22. The predicted molar refractivity (Wildman–Crippen MR) is 60.1 cm³/mol. The van der Waals surface area contributed by atoms with Crippen LogP contribution in [0.3, 0.4) is 0 Å². The summed E-state index contributed by atoms with van der Waals surface area (Å²) < 4.78 is 0. The van der Waals surface area contributed by atoms with E-state index in [0.717, 1.165) is 31.2 Å².